The number of hydrogen-bond donors (Lipinski definition) is 2. The molecule has 1 unspecified atom stereocenters. The Morgan fingerprint density at radius 1 is 1.33 bits per heavy atom. The highest BCUT2D eigenvalue weighted by Crippen LogP contribution is 2.38. The van der Waals surface area contributed by atoms with Gasteiger partial charge in [0.25, 0.3) is 0 Å². The van der Waals surface area contributed by atoms with E-state index in [1.165, 1.54) is 17.5 Å². The van der Waals surface area contributed by atoms with Crippen molar-refractivity contribution in [1.82, 2.24) is 0 Å². The van der Waals surface area contributed by atoms with Gasteiger partial charge in [0.05, 0.1) is 0 Å². The molecule has 1 atom stereocenters. The molecular weight excluding hydrogens is 272 g/mol. The summed E-state index contributed by atoms with van der Waals surface area (Å²) >= 11 is 0. The lowest BCUT2D eigenvalue weighted by molar-refractivity contribution is 0.00542. The van der Waals surface area contributed by atoms with E-state index < -0.39 is 5.92 Å². The Morgan fingerprint density at radius 3 is 2.90 bits per heavy atom. The molecule has 3 N–H and O–H groups in total. The van der Waals surface area contributed by atoms with Crippen molar-refractivity contribution < 1.29 is 8.78 Å². The number of anilines is 1. The zero-order valence-corrected chi connectivity index (χ0v) is 12.0. The second kappa shape index (κ2) is 5.62. The van der Waals surface area contributed by atoms with Crippen molar-refractivity contribution in [3.8, 4) is 0 Å². The van der Waals surface area contributed by atoms with E-state index >= 15 is 0 Å². The number of nitrogens with zero attached hydrogens (tertiary/aromatic N) is 1. The molecular formula is C16H21F2N3. The Hall–Kier alpha value is -1.65. The van der Waals surface area contributed by atoms with E-state index in [1.54, 1.807) is 0 Å². The Labute approximate surface area is 123 Å². The van der Waals surface area contributed by atoms with Gasteiger partial charge in [-0.3, -0.25) is 4.99 Å². The molecule has 3 nitrogen and oxygen atoms in total. The fraction of sp³-hybridized carbons (Fsp3) is 0.562. The summed E-state index contributed by atoms with van der Waals surface area (Å²) in [5.74, 6) is -2.26. The molecule has 0 aliphatic heterocycles. The summed E-state index contributed by atoms with van der Waals surface area (Å²) in [6.07, 6.45) is 3.91. The first-order chi connectivity index (χ1) is 10.0. The average Bonchev–Trinajstić information content (AvgIpc) is 3.02. The Morgan fingerprint density at radius 2 is 2.14 bits per heavy atom. The zero-order chi connectivity index (χ0) is 14.9. The first-order valence-electron chi connectivity index (χ1n) is 7.58. The van der Waals surface area contributed by atoms with Gasteiger partial charge in [0, 0.05) is 25.1 Å². The van der Waals surface area contributed by atoms with E-state index in [0.717, 1.165) is 18.5 Å². The van der Waals surface area contributed by atoms with Gasteiger partial charge in [0.2, 0.25) is 5.92 Å². The summed E-state index contributed by atoms with van der Waals surface area (Å²) in [4.78, 5) is 4.21. The number of aliphatic imine (C=N–C) groups is 1. The highest BCUT2D eigenvalue weighted by molar-refractivity contribution is 5.92. The Balaban J connectivity index is 1.56. The minimum absolute atomic E-state index is 0.0225. The van der Waals surface area contributed by atoms with Crippen LogP contribution in [0.4, 0.5) is 14.5 Å². The van der Waals surface area contributed by atoms with Crippen LogP contribution in [0.5, 0.6) is 0 Å². The van der Waals surface area contributed by atoms with Crippen LogP contribution in [-0.2, 0) is 12.8 Å². The minimum atomic E-state index is -2.51. The lowest BCUT2D eigenvalue weighted by Crippen LogP contribution is -2.24. The fourth-order valence-corrected chi connectivity index (χ4v) is 3.26. The molecule has 3 rings (SSSR count). The molecule has 0 radical (unpaired) electrons. The van der Waals surface area contributed by atoms with E-state index in [0.29, 0.717) is 18.9 Å². The normalized spacial score (nSPS) is 24.1. The molecule has 1 fully saturated rings. The van der Waals surface area contributed by atoms with Crippen LogP contribution in [0.3, 0.4) is 0 Å². The predicted octanol–water partition coefficient (Wildman–Crippen LogP) is 3.34. The Kier molecular flexibility index (Phi) is 3.83. The van der Waals surface area contributed by atoms with Crippen molar-refractivity contribution in [2.24, 2.45) is 16.6 Å². The largest absolute Gasteiger partial charge is 0.370 e. The summed E-state index contributed by atoms with van der Waals surface area (Å²) in [6, 6.07) is 6.22. The molecule has 0 heterocycles. The van der Waals surface area contributed by atoms with Gasteiger partial charge in [0.1, 0.15) is 0 Å². The topological polar surface area (TPSA) is 50.4 Å². The van der Waals surface area contributed by atoms with Crippen molar-refractivity contribution in [1.29, 1.82) is 0 Å². The third kappa shape index (κ3) is 3.52. The van der Waals surface area contributed by atoms with Gasteiger partial charge >= 0.3 is 0 Å². The summed E-state index contributed by atoms with van der Waals surface area (Å²) < 4.78 is 26.2. The number of nitrogens with one attached hydrogen (secondary N) is 1. The standard InChI is InChI=1S/C16H21F2N3/c17-16(18)7-6-11(9-16)10-20-15(19)21-14-5-4-12-2-1-3-13(12)8-14/h4-5,8,11H,1-3,6-7,9-10H2,(H3,19,20,21). The van der Waals surface area contributed by atoms with Gasteiger partial charge in [-0.05, 0) is 54.9 Å². The van der Waals surface area contributed by atoms with Crippen molar-refractivity contribution in [3.63, 3.8) is 0 Å². The van der Waals surface area contributed by atoms with Gasteiger partial charge in [0.15, 0.2) is 5.96 Å². The number of benzene rings is 1. The minimum Gasteiger partial charge on any atom is -0.370 e. The monoisotopic (exact) mass is 293 g/mol. The van der Waals surface area contributed by atoms with Crippen molar-refractivity contribution in [3.05, 3.63) is 29.3 Å². The third-order valence-corrected chi connectivity index (χ3v) is 4.40. The predicted molar refractivity (Wildman–Crippen MR) is 80.9 cm³/mol. The number of alkyl halides is 2. The summed E-state index contributed by atoms with van der Waals surface area (Å²) in [5, 5.41) is 3.06. The quantitative estimate of drug-likeness (QED) is 0.663. The van der Waals surface area contributed by atoms with Gasteiger partial charge in [-0.15, -0.1) is 0 Å². The smallest absolute Gasteiger partial charge is 0.248 e. The summed E-state index contributed by atoms with van der Waals surface area (Å²) in [5.41, 5.74) is 9.54. The van der Waals surface area contributed by atoms with Gasteiger partial charge in [-0.25, -0.2) is 8.78 Å². The molecule has 5 heteroatoms. The third-order valence-electron chi connectivity index (χ3n) is 4.40. The second-order valence-electron chi connectivity index (χ2n) is 6.15. The molecule has 0 amide bonds. The van der Waals surface area contributed by atoms with E-state index in [9.17, 15) is 8.78 Å². The molecule has 0 saturated heterocycles. The highest BCUT2D eigenvalue weighted by atomic mass is 19.3. The molecule has 1 saturated carbocycles. The molecule has 0 aromatic heterocycles. The number of halogens is 2. The Bertz CT molecular complexity index is 554. The molecule has 1 aromatic carbocycles. The van der Waals surface area contributed by atoms with Crippen LogP contribution < -0.4 is 11.1 Å². The molecule has 21 heavy (non-hydrogen) atoms. The molecule has 2 aliphatic rings. The lowest BCUT2D eigenvalue weighted by Gasteiger charge is -2.10. The summed E-state index contributed by atoms with van der Waals surface area (Å²) in [6.45, 7) is 0.374. The number of fused-ring (bicyclic) bond motifs is 1. The highest BCUT2D eigenvalue weighted by Gasteiger charge is 2.39. The number of aryl methyl sites for hydroxylation is 2. The van der Waals surface area contributed by atoms with E-state index in [1.807, 2.05) is 6.07 Å². The number of nitrogens with two attached hydrogens (primary N) is 1. The van der Waals surface area contributed by atoms with Crippen LogP contribution in [0.15, 0.2) is 23.2 Å². The molecule has 114 valence electrons. The summed E-state index contributed by atoms with van der Waals surface area (Å²) in [7, 11) is 0. The number of rotatable bonds is 3. The van der Waals surface area contributed by atoms with Gasteiger partial charge < -0.3 is 11.1 Å². The van der Waals surface area contributed by atoms with Crippen molar-refractivity contribution in [2.45, 2.75) is 44.4 Å². The first-order valence-corrected chi connectivity index (χ1v) is 7.58. The van der Waals surface area contributed by atoms with Crippen molar-refractivity contribution >= 4 is 11.6 Å². The lowest BCUT2D eigenvalue weighted by atomic mass is 10.1. The molecule has 0 bridgehead atoms. The second-order valence-corrected chi connectivity index (χ2v) is 6.15. The van der Waals surface area contributed by atoms with Gasteiger partial charge in [-0.1, -0.05) is 6.07 Å². The number of hydrogen-bond acceptors (Lipinski definition) is 1. The maximum absolute atomic E-state index is 13.1. The number of guanidine groups is 1. The van der Waals surface area contributed by atoms with Crippen LogP contribution >= 0.6 is 0 Å². The first kappa shape index (κ1) is 14.3. The van der Waals surface area contributed by atoms with Crippen molar-refractivity contribution in [2.75, 3.05) is 11.9 Å². The fourth-order valence-electron chi connectivity index (χ4n) is 3.26. The van der Waals surface area contributed by atoms with E-state index in [-0.39, 0.29) is 18.8 Å². The maximum Gasteiger partial charge on any atom is 0.248 e. The van der Waals surface area contributed by atoms with Crippen LogP contribution in [0.25, 0.3) is 0 Å². The zero-order valence-electron chi connectivity index (χ0n) is 12.0. The average molecular weight is 293 g/mol. The van der Waals surface area contributed by atoms with Crippen LogP contribution in [0, 0.1) is 5.92 Å². The molecule has 1 aromatic rings. The maximum atomic E-state index is 13.1. The van der Waals surface area contributed by atoms with Crippen LogP contribution in [-0.4, -0.2) is 18.4 Å². The van der Waals surface area contributed by atoms with E-state index in [2.05, 4.69) is 22.4 Å². The SMILES string of the molecule is NC(=NCC1CCC(F)(F)C1)Nc1ccc2c(c1)CCC2. The van der Waals surface area contributed by atoms with Crippen LogP contribution in [0.1, 0.15) is 36.8 Å². The van der Waals surface area contributed by atoms with Gasteiger partial charge in [-0.2, -0.15) is 0 Å². The molecule has 2 aliphatic carbocycles. The van der Waals surface area contributed by atoms with Crippen LogP contribution in [0.2, 0.25) is 0 Å². The van der Waals surface area contributed by atoms with E-state index in [4.69, 9.17) is 5.73 Å². The molecule has 0 spiro atoms.